The molecule has 1 fully saturated rings. The first-order valence-electron chi connectivity index (χ1n) is 12.4. The summed E-state index contributed by atoms with van der Waals surface area (Å²) in [6, 6.07) is 24.8. The van der Waals surface area contributed by atoms with Gasteiger partial charge in [0.05, 0.1) is 13.2 Å². The van der Waals surface area contributed by atoms with Crippen LogP contribution in [0.1, 0.15) is 44.7 Å². The third kappa shape index (κ3) is 4.85. The maximum atomic E-state index is 14.2. The molecule has 192 valence electrons. The van der Waals surface area contributed by atoms with Crippen molar-refractivity contribution in [1.29, 1.82) is 0 Å². The van der Waals surface area contributed by atoms with Crippen molar-refractivity contribution < 1.29 is 41.2 Å². The normalized spacial score (nSPS) is 18.4. The summed E-state index contributed by atoms with van der Waals surface area (Å²) in [5.74, 6) is -2.44. The Hall–Kier alpha value is -3.32. The van der Waals surface area contributed by atoms with Crippen LogP contribution in [0, 0.1) is 0 Å². The van der Waals surface area contributed by atoms with E-state index in [1.54, 1.807) is 60.7 Å². The van der Waals surface area contributed by atoms with Crippen LogP contribution in [-0.4, -0.2) is 56.5 Å². The predicted octanol–water partition coefficient (Wildman–Crippen LogP) is -0.362. The number of hydrogen-bond donors (Lipinski definition) is 1. The van der Waals surface area contributed by atoms with E-state index in [9.17, 15) is 14.4 Å². The Balaban J connectivity index is 0.00000320. The van der Waals surface area contributed by atoms with E-state index < -0.39 is 23.4 Å². The molecule has 6 nitrogen and oxygen atoms in total. The number of benzene rings is 3. The van der Waals surface area contributed by atoms with Crippen LogP contribution >= 0.6 is 0 Å². The SMILES string of the molecule is CC(C[NH+]1CCOCC1)OC(=O)C(c1ccccc1)C1(c2ccccc2)C(=O)c2ccccc2C1=O.[Cl-]. The van der Waals surface area contributed by atoms with Gasteiger partial charge in [-0.1, -0.05) is 84.9 Å². The maximum absolute atomic E-state index is 14.2. The van der Waals surface area contributed by atoms with E-state index in [2.05, 4.69) is 0 Å². The van der Waals surface area contributed by atoms with E-state index in [0.29, 0.717) is 42.0 Å². The second-order valence-corrected chi connectivity index (χ2v) is 9.54. The van der Waals surface area contributed by atoms with Crippen molar-refractivity contribution in [3.8, 4) is 0 Å². The molecule has 0 spiro atoms. The highest BCUT2D eigenvalue weighted by Crippen LogP contribution is 2.49. The molecule has 3 aromatic rings. The van der Waals surface area contributed by atoms with Crippen LogP contribution < -0.4 is 17.3 Å². The molecule has 1 aliphatic carbocycles. The number of esters is 1. The number of hydrogen-bond acceptors (Lipinski definition) is 5. The summed E-state index contributed by atoms with van der Waals surface area (Å²) in [7, 11) is 0. The fraction of sp³-hybridized carbons (Fsp3) is 0.300. The van der Waals surface area contributed by atoms with Crippen LogP contribution in [0.15, 0.2) is 84.9 Å². The quantitative estimate of drug-likeness (QED) is 0.341. The molecule has 0 bridgehead atoms. The first-order chi connectivity index (χ1) is 17.5. The Morgan fingerprint density at radius 2 is 1.38 bits per heavy atom. The standard InChI is InChI=1S/C30H29NO5.ClH/c1-21(20-31-16-18-35-19-17-31)36-29(34)26(22-10-4-2-5-11-22)30(23-12-6-3-7-13-23)27(32)24-14-8-9-15-25(24)28(30)33;/h2-15,21,26H,16-20H2,1H3;1H. The van der Waals surface area contributed by atoms with Gasteiger partial charge < -0.3 is 26.8 Å². The molecule has 2 atom stereocenters. The van der Waals surface area contributed by atoms with Gasteiger partial charge in [-0.3, -0.25) is 14.4 Å². The number of Topliss-reactive ketones (excluding diaryl/α,β-unsaturated/α-hetero) is 2. The van der Waals surface area contributed by atoms with Gasteiger partial charge in [-0.25, -0.2) is 0 Å². The van der Waals surface area contributed by atoms with E-state index in [1.165, 1.54) is 4.90 Å². The van der Waals surface area contributed by atoms with Crippen LogP contribution in [0.25, 0.3) is 0 Å². The topological polar surface area (TPSA) is 74.1 Å². The highest BCUT2D eigenvalue weighted by molar-refractivity contribution is 6.35. The van der Waals surface area contributed by atoms with Gasteiger partial charge in [-0.2, -0.15) is 0 Å². The number of quaternary nitrogens is 1. The zero-order chi connectivity index (χ0) is 25.1. The van der Waals surface area contributed by atoms with Crippen molar-refractivity contribution >= 4 is 17.5 Å². The van der Waals surface area contributed by atoms with Gasteiger partial charge in [-0.15, -0.1) is 0 Å². The monoisotopic (exact) mass is 519 g/mol. The third-order valence-corrected chi connectivity index (χ3v) is 7.26. The average Bonchev–Trinajstić information content (AvgIpc) is 3.13. The van der Waals surface area contributed by atoms with Gasteiger partial charge in [0.25, 0.3) is 0 Å². The molecule has 0 radical (unpaired) electrons. The fourth-order valence-corrected chi connectivity index (χ4v) is 5.59. The summed E-state index contributed by atoms with van der Waals surface area (Å²) >= 11 is 0. The summed E-state index contributed by atoms with van der Waals surface area (Å²) in [5, 5.41) is 0. The van der Waals surface area contributed by atoms with Crippen LogP contribution in [-0.2, 0) is 19.7 Å². The van der Waals surface area contributed by atoms with Crippen LogP contribution in [0.5, 0.6) is 0 Å². The summed E-state index contributed by atoms with van der Waals surface area (Å²) in [5.41, 5.74) is 0.00610. The van der Waals surface area contributed by atoms with Gasteiger partial charge in [0, 0.05) is 11.1 Å². The zero-order valence-corrected chi connectivity index (χ0v) is 21.4. The Labute approximate surface area is 223 Å². The summed E-state index contributed by atoms with van der Waals surface area (Å²) < 4.78 is 11.5. The number of carbonyl (C=O) groups is 3. The van der Waals surface area contributed by atoms with E-state index in [-0.39, 0.29) is 24.0 Å². The highest BCUT2D eigenvalue weighted by Gasteiger charge is 2.62. The minimum Gasteiger partial charge on any atom is -1.00 e. The molecular formula is C30H30ClNO5. The molecule has 1 heterocycles. The summed E-state index contributed by atoms with van der Waals surface area (Å²) in [6.07, 6.45) is -0.390. The highest BCUT2D eigenvalue weighted by atomic mass is 35.5. The zero-order valence-electron chi connectivity index (χ0n) is 20.7. The minimum absolute atomic E-state index is 0. The number of rotatable bonds is 7. The van der Waals surface area contributed by atoms with Gasteiger partial charge in [-0.05, 0) is 18.1 Å². The van der Waals surface area contributed by atoms with Crippen molar-refractivity contribution in [2.24, 2.45) is 0 Å². The smallest absolute Gasteiger partial charge is 0.315 e. The molecule has 1 aliphatic heterocycles. The van der Waals surface area contributed by atoms with Gasteiger partial charge in [0.15, 0.2) is 11.6 Å². The first kappa shape index (κ1) is 26.7. The van der Waals surface area contributed by atoms with E-state index in [0.717, 1.165) is 13.1 Å². The molecule has 3 aromatic carbocycles. The predicted molar refractivity (Wildman–Crippen MR) is 134 cm³/mol. The molecule has 1 N–H and O–H groups in total. The molecule has 0 aromatic heterocycles. The van der Waals surface area contributed by atoms with Crippen molar-refractivity contribution in [1.82, 2.24) is 0 Å². The Morgan fingerprint density at radius 3 is 1.95 bits per heavy atom. The lowest BCUT2D eigenvalue weighted by Gasteiger charge is -2.35. The molecule has 37 heavy (non-hydrogen) atoms. The number of ketones is 2. The number of nitrogens with one attached hydrogen (secondary N) is 1. The van der Waals surface area contributed by atoms with E-state index in [1.807, 2.05) is 31.2 Å². The molecule has 5 rings (SSSR count). The fourth-order valence-electron chi connectivity index (χ4n) is 5.59. The van der Waals surface area contributed by atoms with Gasteiger partial charge in [0.1, 0.15) is 37.1 Å². The molecular weight excluding hydrogens is 490 g/mol. The molecule has 1 saturated heterocycles. The Bertz CT molecular complexity index is 1220. The average molecular weight is 520 g/mol. The molecule has 2 aliphatic rings. The van der Waals surface area contributed by atoms with Crippen molar-refractivity contribution in [2.45, 2.75) is 24.4 Å². The summed E-state index contributed by atoms with van der Waals surface area (Å²) in [6.45, 7) is 5.57. The number of halogens is 1. The number of carbonyl (C=O) groups excluding carboxylic acids is 3. The molecule has 7 heteroatoms. The van der Waals surface area contributed by atoms with Gasteiger partial charge in [0.2, 0.25) is 0 Å². The van der Waals surface area contributed by atoms with Crippen LogP contribution in [0.4, 0.5) is 0 Å². The minimum atomic E-state index is -1.74. The molecule has 0 saturated carbocycles. The van der Waals surface area contributed by atoms with E-state index in [4.69, 9.17) is 9.47 Å². The largest absolute Gasteiger partial charge is 1.00 e. The van der Waals surface area contributed by atoms with Crippen molar-refractivity contribution in [3.05, 3.63) is 107 Å². The Morgan fingerprint density at radius 1 is 0.865 bits per heavy atom. The lowest BCUT2D eigenvalue weighted by molar-refractivity contribution is -0.910. The van der Waals surface area contributed by atoms with Gasteiger partial charge >= 0.3 is 5.97 Å². The lowest BCUT2D eigenvalue weighted by atomic mass is 9.64. The molecule has 2 unspecified atom stereocenters. The maximum Gasteiger partial charge on any atom is 0.315 e. The lowest BCUT2D eigenvalue weighted by Crippen LogP contribution is -3.15. The molecule has 0 amide bonds. The second-order valence-electron chi connectivity index (χ2n) is 9.54. The summed E-state index contributed by atoms with van der Waals surface area (Å²) in [4.78, 5) is 43.8. The first-order valence-corrected chi connectivity index (χ1v) is 12.4. The second kappa shape index (κ2) is 11.4. The number of ether oxygens (including phenoxy) is 2. The third-order valence-electron chi connectivity index (χ3n) is 7.26. The number of fused-ring (bicyclic) bond motifs is 1. The number of morpholine rings is 1. The van der Waals surface area contributed by atoms with Crippen LogP contribution in [0.2, 0.25) is 0 Å². The van der Waals surface area contributed by atoms with E-state index >= 15 is 0 Å². The van der Waals surface area contributed by atoms with Crippen LogP contribution in [0.3, 0.4) is 0 Å². The Kier molecular flexibility index (Phi) is 8.22. The van der Waals surface area contributed by atoms with Crippen molar-refractivity contribution in [2.75, 3.05) is 32.8 Å². The van der Waals surface area contributed by atoms with Crippen molar-refractivity contribution in [3.63, 3.8) is 0 Å².